The molecule has 3 aromatic heterocycles. The number of nitrogens with one attached hydrogen (secondary N) is 1. The Bertz CT molecular complexity index is 1760. The van der Waals surface area contributed by atoms with Crippen molar-refractivity contribution >= 4 is 27.9 Å². The van der Waals surface area contributed by atoms with E-state index < -0.39 is 0 Å². The van der Waals surface area contributed by atoms with Gasteiger partial charge in [-0.1, -0.05) is 26.0 Å². The molecule has 0 unspecified atom stereocenters. The molecule has 3 aliphatic rings. The van der Waals surface area contributed by atoms with Crippen LogP contribution in [0.5, 0.6) is 0 Å². The van der Waals surface area contributed by atoms with Crippen molar-refractivity contribution in [2.24, 2.45) is 5.41 Å². The Morgan fingerprint density at radius 2 is 1.95 bits per heavy atom. The summed E-state index contributed by atoms with van der Waals surface area (Å²) >= 11 is 1.85. The molecule has 10 heteroatoms. The molecular weight excluding hydrogens is 556 g/mol. The third-order valence-electron chi connectivity index (χ3n) is 8.83. The van der Waals surface area contributed by atoms with Crippen LogP contribution in [0.2, 0.25) is 0 Å². The highest BCUT2D eigenvalue weighted by atomic mass is 32.1. The quantitative estimate of drug-likeness (QED) is 0.283. The number of anilines is 1. The molecule has 0 amide bonds. The van der Waals surface area contributed by atoms with Crippen molar-refractivity contribution in [3.05, 3.63) is 68.3 Å². The van der Waals surface area contributed by atoms with Crippen LogP contribution in [0.4, 0.5) is 5.69 Å². The number of nitrogens with zero attached hydrogens (tertiary/aromatic N) is 7. The summed E-state index contributed by atoms with van der Waals surface area (Å²) in [4.78, 5) is 8.54. The molecule has 220 valence electrons. The summed E-state index contributed by atoms with van der Waals surface area (Å²) in [5, 5.41) is 36.0. The van der Waals surface area contributed by atoms with Crippen molar-refractivity contribution in [3.63, 3.8) is 0 Å². The van der Waals surface area contributed by atoms with Crippen LogP contribution in [0.15, 0.2) is 29.9 Å². The van der Waals surface area contributed by atoms with E-state index in [0.29, 0.717) is 41.7 Å². The van der Waals surface area contributed by atoms with Gasteiger partial charge in [0, 0.05) is 48.2 Å². The first kappa shape index (κ1) is 28.0. The molecule has 1 saturated carbocycles. The molecule has 0 spiro atoms. The lowest BCUT2D eigenvalue weighted by molar-refractivity contribution is -0.0691. The number of pyridine rings is 1. The standard InChI is InChI=1S/C33H36N8OS/c1-33(2,3)19-37-32-22(12-35)13-36-31-21(11-34)8-20(10-27(31)32)9-26(29-14-41(39-38-29)23-4-5-23)28-18-43-30-15-40(7-6-25(28)30)24-16-42-17-24/h8,10,13-14,18,23-24,26H,4-7,9,15-17,19H2,1-3H3,(H,36,37)/t26-/m0/s1. The van der Waals surface area contributed by atoms with E-state index in [1.54, 1.807) is 6.20 Å². The topological polar surface area (TPSA) is 116 Å². The lowest BCUT2D eigenvalue weighted by Gasteiger charge is -2.39. The van der Waals surface area contributed by atoms with Gasteiger partial charge in [-0.2, -0.15) is 10.5 Å². The van der Waals surface area contributed by atoms with E-state index in [2.05, 4.69) is 71.0 Å². The minimum Gasteiger partial charge on any atom is -0.383 e. The van der Waals surface area contributed by atoms with Crippen molar-refractivity contribution in [3.8, 4) is 12.1 Å². The van der Waals surface area contributed by atoms with Gasteiger partial charge in [0.25, 0.3) is 0 Å². The maximum absolute atomic E-state index is 10.2. The van der Waals surface area contributed by atoms with E-state index in [-0.39, 0.29) is 11.3 Å². The zero-order chi connectivity index (χ0) is 29.7. The van der Waals surface area contributed by atoms with Gasteiger partial charge in [0.15, 0.2) is 0 Å². The summed E-state index contributed by atoms with van der Waals surface area (Å²) in [5.74, 6) is 0.00757. The number of nitriles is 2. The number of aromatic nitrogens is 4. The Morgan fingerprint density at radius 3 is 2.65 bits per heavy atom. The van der Waals surface area contributed by atoms with Crippen molar-refractivity contribution in [2.75, 3.05) is 31.6 Å². The Kier molecular flexibility index (Phi) is 7.17. The van der Waals surface area contributed by atoms with Gasteiger partial charge in [-0.05, 0) is 65.3 Å². The summed E-state index contributed by atoms with van der Waals surface area (Å²) in [6.07, 6.45) is 7.68. The Hall–Kier alpha value is -3.83. The SMILES string of the molecule is CC(C)(C)CNc1c(C#N)cnc2c(C#N)cc(C[C@H](c3cn(C4CC4)nn3)c3csc4c3CCN(C3COC3)C4)cc12. The highest BCUT2D eigenvalue weighted by molar-refractivity contribution is 7.10. The number of hydrogen-bond acceptors (Lipinski definition) is 9. The Labute approximate surface area is 256 Å². The molecule has 5 heterocycles. The molecule has 1 aliphatic carbocycles. The normalized spacial score (nSPS) is 18.1. The molecule has 2 fully saturated rings. The molecule has 7 rings (SSSR count). The minimum atomic E-state index is 0.00757. The summed E-state index contributed by atoms with van der Waals surface area (Å²) in [7, 11) is 0. The number of rotatable bonds is 8. The van der Waals surface area contributed by atoms with Gasteiger partial charge in [0.1, 0.15) is 12.1 Å². The van der Waals surface area contributed by atoms with Crippen LogP contribution in [0.25, 0.3) is 10.9 Å². The fourth-order valence-corrected chi connectivity index (χ4v) is 7.36. The van der Waals surface area contributed by atoms with Gasteiger partial charge >= 0.3 is 0 Å². The van der Waals surface area contributed by atoms with E-state index in [4.69, 9.17) is 9.84 Å². The first-order valence-corrected chi connectivity index (χ1v) is 16.0. The number of ether oxygens (including phenoxy) is 1. The van der Waals surface area contributed by atoms with E-state index in [9.17, 15) is 10.5 Å². The van der Waals surface area contributed by atoms with Crippen LogP contribution in [-0.4, -0.2) is 57.2 Å². The molecule has 1 saturated heterocycles. The molecule has 0 bridgehead atoms. The van der Waals surface area contributed by atoms with Crippen LogP contribution in [0, 0.1) is 28.1 Å². The molecule has 2 aliphatic heterocycles. The monoisotopic (exact) mass is 592 g/mol. The van der Waals surface area contributed by atoms with Crippen LogP contribution in [-0.2, 0) is 24.1 Å². The minimum absolute atomic E-state index is 0.00757. The second kappa shape index (κ2) is 11.0. The molecule has 1 atom stereocenters. The summed E-state index contributed by atoms with van der Waals surface area (Å²) in [5.41, 5.74) is 7.12. The number of fused-ring (bicyclic) bond motifs is 2. The molecule has 0 radical (unpaired) electrons. The molecule has 1 aromatic carbocycles. The van der Waals surface area contributed by atoms with E-state index in [0.717, 1.165) is 67.9 Å². The third-order valence-corrected chi connectivity index (χ3v) is 9.87. The van der Waals surface area contributed by atoms with E-state index in [1.165, 1.54) is 16.0 Å². The number of hydrogen-bond donors (Lipinski definition) is 1. The van der Waals surface area contributed by atoms with Gasteiger partial charge in [-0.15, -0.1) is 16.4 Å². The maximum Gasteiger partial charge on any atom is 0.103 e. The van der Waals surface area contributed by atoms with Crippen molar-refractivity contribution in [2.45, 2.75) is 71.0 Å². The van der Waals surface area contributed by atoms with E-state index in [1.807, 2.05) is 22.1 Å². The predicted molar refractivity (Wildman–Crippen MR) is 166 cm³/mol. The lowest BCUT2D eigenvalue weighted by atomic mass is 9.85. The van der Waals surface area contributed by atoms with Gasteiger partial charge < -0.3 is 10.1 Å². The lowest BCUT2D eigenvalue weighted by Crippen LogP contribution is -2.50. The first-order chi connectivity index (χ1) is 20.8. The van der Waals surface area contributed by atoms with Crippen LogP contribution in [0.3, 0.4) is 0 Å². The summed E-state index contributed by atoms with van der Waals surface area (Å²) < 4.78 is 7.50. The number of thiophene rings is 1. The largest absolute Gasteiger partial charge is 0.383 e. The first-order valence-electron chi connectivity index (χ1n) is 15.1. The summed E-state index contributed by atoms with van der Waals surface area (Å²) in [6, 6.07) is 9.75. The van der Waals surface area contributed by atoms with Gasteiger partial charge in [0.05, 0.1) is 53.3 Å². The van der Waals surface area contributed by atoms with Crippen molar-refractivity contribution in [1.82, 2.24) is 24.9 Å². The number of benzene rings is 1. The Morgan fingerprint density at radius 1 is 1.14 bits per heavy atom. The molecule has 9 nitrogen and oxygen atoms in total. The fourth-order valence-electron chi connectivity index (χ4n) is 6.18. The van der Waals surface area contributed by atoms with Gasteiger partial charge in [-0.25, -0.2) is 4.68 Å². The molecule has 1 N–H and O–H groups in total. The molecule has 4 aromatic rings. The second-order valence-corrected chi connectivity index (χ2v) is 14.3. The maximum atomic E-state index is 10.2. The van der Waals surface area contributed by atoms with Crippen LogP contribution >= 0.6 is 11.3 Å². The zero-order valence-electron chi connectivity index (χ0n) is 24.9. The molecular formula is C33H36N8OS. The van der Waals surface area contributed by atoms with Gasteiger partial charge in [0.2, 0.25) is 0 Å². The van der Waals surface area contributed by atoms with Gasteiger partial charge in [-0.3, -0.25) is 9.88 Å². The third kappa shape index (κ3) is 5.51. The Balaban J connectivity index is 1.29. The smallest absolute Gasteiger partial charge is 0.103 e. The molecule has 43 heavy (non-hydrogen) atoms. The van der Waals surface area contributed by atoms with Crippen LogP contribution in [0.1, 0.15) is 84.0 Å². The summed E-state index contributed by atoms with van der Waals surface area (Å²) in [6.45, 7) is 10.8. The fraction of sp³-hybridized carbons (Fsp3) is 0.485. The van der Waals surface area contributed by atoms with Crippen molar-refractivity contribution < 1.29 is 4.74 Å². The highest BCUT2D eigenvalue weighted by Gasteiger charge is 2.33. The predicted octanol–water partition coefficient (Wildman–Crippen LogP) is 5.56. The average Bonchev–Trinajstić information content (AvgIpc) is 3.55. The second-order valence-electron chi connectivity index (χ2n) is 13.3. The van der Waals surface area contributed by atoms with Crippen LogP contribution < -0.4 is 5.32 Å². The zero-order valence-corrected chi connectivity index (χ0v) is 25.7. The van der Waals surface area contributed by atoms with E-state index >= 15 is 0 Å². The average molecular weight is 593 g/mol. The highest BCUT2D eigenvalue weighted by Crippen LogP contribution is 2.41. The van der Waals surface area contributed by atoms with Crippen molar-refractivity contribution in [1.29, 1.82) is 10.5 Å².